The molecule has 0 nitrogen and oxygen atoms in total. The van der Waals surface area contributed by atoms with Gasteiger partial charge >= 0.3 is 0 Å². The minimum Gasteiger partial charge on any atom is -0.0845 e. The van der Waals surface area contributed by atoms with Crippen LogP contribution in [-0.4, -0.2) is 0 Å². The van der Waals surface area contributed by atoms with Gasteiger partial charge in [-0.2, -0.15) is 0 Å². The Morgan fingerprint density at radius 2 is 0.562 bits per heavy atom. The normalized spacial score (nSPS) is 11.4. The van der Waals surface area contributed by atoms with Gasteiger partial charge in [-0.15, -0.1) is 0 Å². The first kappa shape index (κ1) is 21.8. The molecule has 0 bridgehead atoms. The highest BCUT2D eigenvalue weighted by Gasteiger charge is 2.12. The van der Waals surface area contributed by atoms with Gasteiger partial charge in [0.25, 0.3) is 0 Å². The maximum atomic E-state index is 2.48. The molecule has 0 saturated carbocycles. The van der Waals surface area contributed by atoms with Gasteiger partial charge in [-0.25, -0.2) is 0 Å². The maximum absolute atomic E-state index is 2.48. The molecule has 0 unspecified atom stereocenters. The summed E-state index contributed by atoms with van der Waals surface area (Å²) >= 11 is 0. The molecule has 0 aliphatic rings. The Bertz CT molecular complexity index is 878. The third kappa shape index (κ3) is 7.10. The molecule has 160 valence electrons. The van der Waals surface area contributed by atoms with E-state index in [0.717, 1.165) is 25.7 Å². The van der Waals surface area contributed by atoms with Gasteiger partial charge in [-0.1, -0.05) is 133 Å². The van der Waals surface area contributed by atoms with E-state index in [1.165, 1.54) is 22.3 Å². The molecule has 0 fully saturated rings. The Kier molecular flexibility index (Phi) is 8.09. The van der Waals surface area contributed by atoms with Gasteiger partial charge in [0.15, 0.2) is 0 Å². The van der Waals surface area contributed by atoms with Crippen LogP contribution in [0.25, 0.3) is 0 Å². The Balaban J connectivity index is 1.54. The summed E-state index contributed by atoms with van der Waals surface area (Å²) in [4.78, 5) is 0. The minimum absolute atomic E-state index is 0.480. The van der Waals surface area contributed by atoms with E-state index in [1.807, 2.05) is 0 Å². The molecular formula is C32H32. The molecule has 0 aliphatic carbocycles. The average molecular weight is 417 g/mol. The lowest BCUT2D eigenvalue weighted by Gasteiger charge is -2.17. The predicted molar refractivity (Wildman–Crippen MR) is 137 cm³/mol. The van der Waals surface area contributed by atoms with Gasteiger partial charge in [-0.3, -0.25) is 0 Å². The van der Waals surface area contributed by atoms with Crippen molar-refractivity contribution in [1.29, 1.82) is 0 Å². The summed E-state index contributed by atoms with van der Waals surface area (Å²) in [6.45, 7) is 0. The summed E-state index contributed by atoms with van der Waals surface area (Å²) in [5.41, 5.74) is 5.61. The Hall–Kier alpha value is -3.38. The molecular weight excluding hydrogens is 384 g/mol. The van der Waals surface area contributed by atoms with Gasteiger partial charge in [-0.05, 0) is 59.8 Å². The fraction of sp³-hybridized carbons (Fsp3) is 0.188. The van der Waals surface area contributed by atoms with Crippen LogP contribution in [0.2, 0.25) is 0 Å². The molecule has 0 N–H and O–H groups in total. The molecule has 4 rings (SSSR count). The topological polar surface area (TPSA) is 0 Å². The van der Waals surface area contributed by atoms with Crippen LogP contribution in [0.15, 0.2) is 133 Å². The second-order valence-corrected chi connectivity index (χ2v) is 8.66. The molecule has 0 atom stereocenters. The van der Waals surface area contributed by atoms with E-state index in [1.54, 1.807) is 0 Å². The highest BCUT2D eigenvalue weighted by molar-refractivity contribution is 5.23. The van der Waals surface area contributed by atoms with Crippen LogP contribution in [0.5, 0.6) is 0 Å². The molecule has 0 aliphatic heterocycles. The van der Waals surface area contributed by atoms with Crippen molar-refractivity contribution in [1.82, 2.24) is 0 Å². The summed E-state index contributed by atoms with van der Waals surface area (Å²) < 4.78 is 0. The number of rotatable bonds is 10. The molecule has 0 radical (unpaired) electrons. The number of hydrogen-bond acceptors (Lipinski definition) is 0. The number of hydrogen-bond donors (Lipinski definition) is 0. The van der Waals surface area contributed by atoms with Crippen LogP contribution < -0.4 is 0 Å². The fourth-order valence-corrected chi connectivity index (χ4v) is 4.40. The van der Waals surface area contributed by atoms with E-state index in [2.05, 4.69) is 133 Å². The molecule has 4 aromatic carbocycles. The van der Waals surface area contributed by atoms with Gasteiger partial charge in [0.05, 0.1) is 0 Å². The summed E-state index contributed by atoms with van der Waals surface area (Å²) in [6, 6.07) is 43.5. The lowest BCUT2D eigenvalue weighted by atomic mass is 9.88. The quantitative estimate of drug-likeness (QED) is 0.232. The molecule has 32 heavy (non-hydrogen) atoms. The third-order valence-corrected chi connectivity index (χ3v) is 6.02. The summed E-state index contributed by atoms with van der Waals surface area (Å²) in [5, 5.41) is 0. The van der Waals surface area contributed by atoms with E-state index in [-0.39, 0.29) is 0 Å². The smallest absolute Gasteiger partial charge is 0.0152 e. The van der Waals surface area contributed by atoms with E-state index >= 15 is 0 Å². The van der Waals surface area contributed by atoms with Crippen molar-refractivity contribution >= 4 is 0 Å². The highest BCUT2D eigenvalue weighted by atomic mass is 14.2. The molecule has 0 heteroatoms. The van der Waals surface area contributed by atoms with Gasteiger partial charge in [0, 0.05) is 0 Å². The van der Waals surface area contributed by atoms with Crippen molar-refractivity contribution in [2.75, 3.05) is 0 Å². The Morgan fingerprint density at radius 3 is 0.781 bits per heavy atom. The number of benzene rings is 4. The second-order valence-electron chi connectivity index (χ2n) is 8.66. The lowest BCUT2D eigenvalue weighted by Crippen LogP contribution is -2.09. The lowest BCUT2D eigenvalue weighted by molar-refractivity contribution is 0.607. The van der Waals surface area contributed by atoms with E-state index in [0.29, 0.717) is 11.8 Å². The molecule has 0 spiro atoms. The van der Waals surface area contributed by atoms with Gasteiger partial charge in [0.2, 0.25) is 0 Å². The third-order valence-electron chi connectivity index (χ3n) is 6.02. The standard InChI is InChI=1S/C32H32/c1-5-13-27(14-6-1)23-31(24-28-15-7-2-8-16-28)21-22-32(25-29-17-9-3-10-18-29)26-30-19-11-4-12-20-30/h1-22,31-32H,23-26H2/b22-21-. The second kappa shape index (κ2) is 11.9. The largest absolute Gasteiger partial charge is 0.0845 e. The van der Waals surface area contributed by atoms with Crippen LogP contribution in [0.4, 0.5) is 0 Å². The van der Waals surface area contributed by atoms with E-state index < -0.39 is 0 Å². The average Bonchev–Trinajstić information content (AvgIpc) is 2.85. The zero-order chi connectivity index (χ0) is 21.8. The summed E-state index contributed by atoms with van der Waals surface area (Å²) in [5.74, 6) is 0.961. The van der Waals surface area contributed by atoms with Gasteiger partial charge in [0.1, 0.15) is 0 Å². The van der Waals surface area contributed by atoms with Crippen molar-refractivity contribution in [3.8, 4) is 0 Å². The zero-order valence-corrected chi connectivity index (χ0v) is 18.7. The Morgan fingerprint density at radius 1 is 0.344 bits per heavy atom. The van der Waals surface area contributed by atoms with E-state index in [9.17, 15) is 0 Å². The van der Waals surface area contributed by atoms with Gasteiger partial charge < -0.3 is 0 Å². The molecule has 0 amide bonds. The van der Waals surface area contributed by atoms with Crippen molar-refractivity contribution in [3.63, 3.8) is 0 Å². The van der Waals surface area contributed by atoms with Crippen LogP contribution in [0, 0.1) is 11.8 Å². The monoisotopic (exact) mass is 416 g/mol. The molecule has 0 heterocycles. The zero-order valence-electron chi connectivity index (χ0n) is 18.7. The first-order valence-corrected chi connectivity index (χ1v) is 11.7. The Labute approximate surface area is 193 Å². The van der Waals surface area contributed by atoms with Crippen molar-refractivity contribution in [2.24, 2.45) is 11.8 Å². The SMILES string of the molecule is C(=C/C(Cc1ccccc1)Cc1ccccc1)/C(Cc1ccccc1)Cc1ccccc1. The molecule has 0 aromatic heterocycles. The van der Waals surface area contributed by atoms with Crippen molar-refractivity contribution in [2.45, 2.75) is 25.7 Å². The predicted octanol–water partition coefficient (Wildman–Crippen LogP) is 7.75. The van der Waals surface area contributed by atoms with Crippen molar-refractivity contribution < 1.29 is 0 Å². The summed E-state index contributed by atoms with van der Waals surface area (Å²) in [6.07, 6.45) is 9.23. The summed E-state index contributed by atoms with van der Waals surface area (Å²) in [7, 11) is 0. The molecule has 0 saturated heterocycles. The molecule has 4 aromatic rings. The maximum Gasteiger partial charge on any atom is -0.0152 e. The fourth-order valence-electron chi connectivity index (χ4n) is 4.40. The van der Waals surface area contributed by atoms with Crippen LogP contribution in [0.3, 0.4) is 0 Å². The van der Waals surface area contributed by atoms with Crippen LogP contribution in [0.1, 0.15) is 22.3 Å². The van der Waals surface area contributed by atoms with E-state index in [4.69, 9.17) is 0 Å². The number of allylic oxidation sites excluding steroid dienone is 2. The minimum atomic E-state index is 0.480. The first-order valence-electron chi connectivity index (χ1n) is 11.7. The first-order chi connectivity index (χ1) is 15.8. The van der Waals surface area contributed by atoms with Crippen molar-refractivity contribution in [3.05, 3.63) is 156 Å². The van der Waals surface area contributed by atoms with Crippen LogP contribution in [-0.2, 0) is 25.7 Å². The highest BCUT2D eigenvalue weighted by Crippen LogP contribution is 2.21. The van der Waals surface area contributed by atoms with Crippen LogP contribution >= 0.6 is 0 Å².